The van der Waals surface area contributed by atoms with Crippen LogP contribution in [0, 0.1) is 17.8 Å². The van der Waals surface area contributed by atoms with Crippen molar-refractivity contribution in [3.63, 3.8) is 0 Å². The average Bonchev–Trinajstić information content (AvgIpc) is 3.33. The van der Waals surface area contributed by atoms with Gasteiger partial charge >= 0.3 is 0 Å². The van der Waals surface area contributed by atoms with E-state index in [2.05, 4.69) is 11.9 Å². The fourth-order valence-corrected chi connectivity index (χ4v) is 4.55. The predicted octanol–water partition coefficient (Wildman–Crippen LogP) is 2.64. The molecular formula is C17H32N2O. The molecule has 1 saturated heterocycles. The Kier molecular flexibility index (Phi) is 4.68. The summed E-state index contributed by atoms with van der Waals surface area (Å²) in [6.07, 6.45) is 10.9. The Bertz CT molecular complexity index is 312. The molecule has 0 aromatic carbocycles. The molecule has 2 unspecified atom stereocenters. The van der Waals surface area contributed by atoms with E-state index in [4.69, 9.17) is 10.5 Å². The van der Waals surface area contributed by atoms with Gasteiger partial charge in [-0.1, -0.05) is 12.8 Å². The van der Waals surface area contributed by atoms with Crippen LogP contribution < -0.4 is 5.73 Å². The van der Waals surface area contributed by atoms with Crippen LogP contribution >= 0.6 is 0 Å². The minimum Gasteiger partial charge on any atom is -0.381 e. The lowest BCUT2D eigenvalue weighted by atomic mass is 9.72. The third-order valence-electron chi connectivity index (χ3n) is 6.21. The van der Waals surface area contributed by atoms with Gasteiger partial charge in [0.1, 0.15) is 0 Å². The molecule has 0 bridgehead atoms. The molecule has 3 heteroatoms. The SMILES string of the molecule is CN(CC1CCOCC1)C1(CN)CCCC(C2CC2)C1. The van der Waals surface area contributed by atoms with Crippen molar-refractivity contribution in [3.8, 4) is 0 Å². The highest BCUT2D eigenvalue weighted by atomic mass is 16.5. The van der Waals surface area contributed by atoms with Gasteiger partial charge in [-0.2, -0.15) is 0 Å². The molecule has 0 aromatic heterocycles. The quantitative estimate of drug-likeness (QED) is 0.841. The first-order valence-corrected chi connectivity index (χ1v) is 8.72. The Balaban J connectivity index is 1.60. The monoisotopic (exact) mass is 280 g/mol. The first-order chi connectivity index (χ1) is 9.73. The molecule has 3 nitrogen and oxygen atoms in total. The van der Waals surface area contributed by atoms with E-state index in [-0.39, 0.29) is 0 Å². The normalized spacial score (nSPS) is 36.5. The highest BCUT2D eigenvalue weighted by molar-refractivity contribution is 4.99. The molecule has 1 heterocycles. The zero-order valence-electron chi connectivity index (χ0n) is 13.2. The van der Waals surface area contributed by atoms with Gasteiger partial charge in [0.2, 0.25) is 0 Å². The number of hydrogen-bond acceptors (Lipinski definition) is 3. The summed E-state index contributed by atoms with van der Waals surface area (Å²) in [5, 5.41) is 0. The van der Waals surface area contributed by atoms with Gasteiger partial charge < -0.3 is 10.5 Å². The van der Waals surface area contributed by atoms with E-state index < -0.39 is 0 Å². The van der Waals surface area contributed by atoms with Crippen LogP contribution in [0.25, 0.3) is 0 Å². The fourth-order valence-electron chi connectivity index (χ4n) is 4.55. The Morgan fingerprint density at radius 1 is 1.10 bits per heavy atom. The summed E-state index contributed by atoms with van der Waals surface area (Å²) in [5.74, 6) is 2.82. The van der Waals surface area contributed by atoms with Crippen molar-refractivity contribution in [1.82, 2.24) is 4.90 Å². The smallest absolute Gasteiger partial charge is 0.0469 e. The number of hydrogen-bond donors (Lipinski definition) is 1. The Hall–Kier alpha value is -0.120. The Morgan fingerprint density at radius 3 is 2.50 bits per heavy atom. The maximum Gasteiger partial charge on any atom is 0.0469 e. The van der Waals surface area contributed by atoms with Gasteiger partial charge in [0.05, 0.1) is 0 Å². The van der Waals surface area contributed by atoms with Crippen LogP contribution in [-0.4, -0.2) is 43.8 Å². The molecule has 3 aliphatic rings. The first-order valence-electron chi connectivity index (χ1n) is 8.72. The zero-order valence-corrected chi connectivity index (χ0v) is 13.2. The highest BCUT2D eigenvalue weighted by Gasteiger charge is 2.43. The highest BCUT2D eigenvalue weighted by Crippen LogP contribution is 2.47. The zero-order chi connectivity index (χ0) is 14.0. The first kappa shape index (κ1) is 14.8. The van der Waals surface area contributed by atoms with E-state index >= 15 is 0 Å². The molecule has 3 fully saturated rings. The Labute approximate surface area is 124 Å². The molecule has 2 saturated carbocycles. The predicted molar refractivity (Wildman–Crippen MR) is 82.6 cm³/mol. The van der Waals surface area contributed by atoms with Gasteiger partial charge in [-0.05, 0) is 63.3 Å². The molecular weight excluding hydrogens is 248 g/mol. The molecule has 0 radical (unpaired) electrons. The minimum absolute atomic E-state index is 0.295. The van der Waals surface area contributed by atoms with Crippen molar-refractivity contribution in [2.24, 2.45) is 23.5 Å². The van der Waals surface area contributed by atoms with E-state index in [1.54, 1.807) is 0 Å². The Morgan fingerprint density at radius 2 is 1.85 bits per heavy atom. The number of nitrogens with two attached hydrogens (primary N) is 1. The van der Waals surface area contributed by atoms with Gasteiger partial charge in [0.25, 0.3) is 0 Å². The molecule has 116 valence electrons. The summed E-state index contributed by atoms with van der Waals surface area (Å²) in [6, 6.07) is 0. The van der Waals surface area contributed by atoms with Crippen LogP contribution in [0.1, 0.15) is 51.4 Å². The second-order valence-electron chi connectivity index (χ2n) is 7.56. The van der Waals surface area contributed by atoms with Crippen LogP contribution in [0.2, 0.25) is 0 Å². The standard InChI is InChI=1S/C17H32N2O/c1-19(12-14-6-9-20-10-7-14)17(13-18)8-2-3-16(11-17)15-4-5-15/h14-16H,2-13,18H2,1H3. The van der Waals surface area contributed by atoms with Crippen molar-refractivity contribution in [1.29, 1.82) is 0 Å². The number of nitrogens with zero attached hydrogens (tertiary/aromatic N) is 1. The van der Waals surface area contributed by atoms with Crippen LogP contribution in [0.5, 0.6) is 0 Å². The summed E-state index contributed by atoms with van der Waals surface area (Å²) in [5.41, 5.74) is 6.56. The summed E-state index contributed by atoms with van der Waals surface area (Å²) >= 11 is 0. The molecule has 3 rings (SSSR count). The van der Waals surface area contributed by atoms with Crippen LogP contribution in [0.4, 0.5) is 0 Å². The third kappa shape index (κ3) is 3.20. The van der Waals surface area contributed by atoms with E-state index in [1.165, 1.54) is 57.9 Å². The number of likely N-dealkylation sites (N-methyl/N-ethyl adjacent to an activating group) is 1. The second kappa shape index (κ2) is 6.33. The summed E-state index contributed by atoms with van der Waals surface area (Å²) in [7, 11) is 2.33. The lowest BCUT2D eigenvalue weighted by molar-refractivity contribution is 0.0104. The van der Waals surface area contributed by atoms with Gasteiger partial charge in [-0.3, -0.25) is 4.90 Å². The van der Waals surface area contributed by atoms with Gasteiger partial charge in [-0.25, -0.2) is 0 Å². The van der Waals surface area contributed by atoms with E-state index in [0.717, 1.165) is 37.5 Å². The van der Waals surface area contributed by atoms with Crippen LogP contribution in [-0.2, 0) is 4.74 Å². The average molecular weight is 280 g/mol. The lowest BCUT2D eigenvalue weighted by Crippen LogP contribution is -2.56. The number of ether oxygens (including phenoxy) is 1. The van der Waals surface area contributed by atoms with Crippen molar-refractivity contribution in [3.05, 3.63) is 0 Å². The molecule has 2 aliphatic carbocycles. The molecule has 2 atom stereocenters. The largest absolute Gasteiger partial charge is 0.381 e. The van der Waals surface area contributed by atoms with Gasteiger partial charge in [-0.15, -0.1) is 0 Å². The third-order valence-corrected chi connectivity index (χ3v) is 6.21. The minimum atomic E-state index is 0.295. The van der Waals surface area contributed by atoms with Crippen LogP contribution in [0.3, 0.4) is 0 Å². The van der Waals surface area contributed by atoms with Crippen molar-refractivity contribution < 1.29 is 4.74 Å². The van der Waals surface area contributed by atoms with E-state index in [0.29, 0.717) is 5.54 Å². The van der Waals surface area contributed by atoms with Crippen molar-refractivity contribution >= 4 is 0 Å². The van der Waals surface area contributed by atoms with Crippen molar-refractivity contribution in [2.75, 3.05) is 33.4 Å². The molecule has 0 spiro atoms. The summed E-state index contributed by atoms with van der Waals surface area (Å²) in [4.78, 5) is 2.64. The topological polar surface area (TPSA) is 38.5 Å². The fraction of sp³-hybridized carbons (Fsp3) is 1.00. The van der Waals surface area contributed by atoms with Crippen molar-refractivity contribution in [2.45, 2.75) is 56.9 Å². The van der Waals surface area contributed by atoms with Gasteiger partial charge in [0, 0.05) is 31.8 Å². The number of rotatable bonds is 5. The molecule has 20 heavy (non-hydrogen) atoms. The van der Waals surface area contributed by atoms with Crippen LogP contribution in [0.15, 0.2) is 0 Å². The molecule has 0 aromatic rings. The van der Waals surface area contributed by atoms with E-state index in [1.807, 2.05) is 0 Å². The lowest BCUT2D eigenvalue weighted by Gasteiger charge is -2.48. The van der Waals surface area contributed by atoms with E-state index in [9.17, 15) is 0 Å². The maximum atomic E-state index is 6.26. The summed E-state index contributed by atoms with van der Waals surface area (Å²) < 4.78 is 5.49. The molecule has 1 aliphatic heterocycles. The second-order valence-corrected chi connectivity index (χ2v) is 7.56. The summed E-state index contributed by atoms with van der Waals surface area (Å²) in [6.45, 7) is 3.98. The maximum absolute atomic E-state index is 6.26. The molecule has 0 amide bonds. The molecule has 2 N–H and O–H groups in total. The van der Waals surface area contributed by atoms with Gasteiger partial charge in [0.15, 0.2) is 0 Å².